The van der Waals surface area contributed by atoms with Crippen LogP contribution in [0.5, 0.6) is 0 Å². The van der Waals surface area contributed by atoms with Gasteiger partial charge >= 0.3 is 5.97 Å². The molecule has 0 radical (unpaired) electrons. The van der Waals surface area contributed by atoms with E-state index in [1.54, 1.807) is 6.20 Å². The summed E-state index contributed by atoms with van der Waals surface area (Å²) in [5, 5.41) is 19.8. The van der Waals surface area contributed by atoms with E-state index in [2.05, 4.69) is 69.1 Å². The first kappa shape index (κ1) is 27.1. The largest absolute Gasteiger partial charge is 0.481 e. The number of hydrogen-bond donors (Lipinski definition) is 2. The first-order valence-electron chi connectivity index (χ1n) is 13.8. The van der Waals surface area contributed by atoms with Crippen LogP contribution in [0.25, 0.3) is 11.3 Å². The molecule has 37 heavy (non-hydrogen) atoms. The molecule has 0 bridgehead atoms. The molecule has 1 fully saturated rings. The van der Waals surface area contributed by atoms with Crippen LogP contribution in [0.4, 0.5) is 0 Å². The number of nitrogens with zero attached hydrogens (tertiary/aromatic N) is 1. The molecule has 1 aliphatic carbocycles. The van der Waals surface area contributed by atoms with E-state index in [-0.39, 0.29) is 11.8 Å². The Morgan fingerprint density at radius 3 is 2.14 bits per heavy atom. The van der Waals surface area contributed by atoms with Crippen LogP contribution in [-0.4, -0.2) is 26.8 Å². The molecule has 1 aliphatic rings. The maximum atomic E-state index is 11.0. The molecule has 2 N–H and O–H groups in total. The molecule has 3 aromatic rings. The number of aromatic nitrogens is 1. The van der Waals surface area contributed by atoms with E-state index in [1.165, 1.54) is 27.8 Å². The minimum absolute atomic E-state index is 0.0141. The van der Waals surface area contributed by atoms with E-state index in [4.69, 9.17) is 5.11 Å². The summed E-state index contributed by atoms with van der Waals surface area (Å²) < 4.78 is 0. The lowest BCUT2D eigenvalue weighted by molar-refractivity contribution is -0.136. The number of pyridine rings is 1. The Kier molecular flexibility index (Phi) is 8.18. The van der Waals surface area contributed by atoms with E-state index < -0.39 is 11.6 Å². The Morgan fingerprint density at radius 1 is 0.946 bits per heavy atom. The lowest BCUT2D eigenvalue weighted by Gasteiger charge is -2.34. The van der Waals surface area contributed by atoms with Gasteiger partial charge in [0.15, 0.2) is 0 Å². The molecular weight excluding hydrogens is 458 g/mol. The Morgan fingerprint density at radius 2 is 1.59 bits per heavy atom. The van der Waals surface area contributed by atoms with Gasteiger partial charge in [0.05, 0.1) is 17.7 Å². The van der Waals surface area contributed by atoms with Crippen molar-refractivity contribution in [3.05, 3.63) is 88.1 Å². The van der Waals surface area contributed by atoms with Gasteiger partial charge in [0.2, 0.25) is 0 Å². The monoisotopic (exact) mass is 499 g/mol. The van der Waals surface area contributed by atoms with E-state index in [9.17, 15) is 9.90 Å². The van der Waals surface area contributed by atoms with Crippen molar-refractivity contribution in [1.29, 1.82) is 0 Å². The number of hydrogen-bond acceptors (Lipinski definition) is 3. The number of benzene rings is 2. The number of carboxylic acid groups (broad SMARTS) is 1. The topological polar surface area (TPSA) is 70.4 Å². The minimum Gasteiger partial charge on any atom is -0.481 e. The van der Waals surface area contributed by atoms with Crippen LogP contribution in [0.2, 0.25) is 0 Å². The molecule has 4 nitrogen and oxygen atoms in total. The fourth-order valence-corrected chi connectivity index (χ4v) is 6.27. The van der Waals surface area contributed by atoms with Crippen LogP contribution < -0.4 is 0 Å². The van der Waals surface area contributed by atoms with Crippen molar-refractivity contribution < 1.29 is 15.0 Å². The van der Waals surface area contributed by atoms with Gasteiger partial charge in [-0.1, -0.05) is 69.2 Å². The highest BCUT2D eigenvalue weighted by molar-refractivity contribution is 5.71. The van der Waals surface area contributed by atoms with Crippen molar-refractivity contribution in [3.8, 4) is 11.3 Å². The third kappa shape index (κ3) is 5.80. The smallest absolute Gasteiger partial charge is 0.307 e. The van der Waals surface area contributed by atoms with Gasteiger partial charge in [0, 0.05) is 17.2 Å². The van der Waals surface area contributed by atoms with Crippen LogP contribution in [0.3, 0.4) is 0 Å². The zero-order valence-electron chi connectivity index (χ0n) is 22.8. The molecule has 4 rings (SSSR count). The zero-order chi connectivity index (χ0) is 26.6. The zero-order valence-corrected chi connectivity index (χ0v) is 22.8. The van der Waals surface area contributed by atoms with Gasteiger partial charge in [-0.2, -0.15) is 0 Å². The number of carboxylic acids is 1. The van der Waals surface area contributed by atoms with E-state index >= 15 is 0 Å². The summed E-state index contributed by atoms with van der Waals surface area (Å²) in [6, 6.07) is 17.4. The molecule has 1 heterocycles. The van der Waals surface area contributed by atoms with Crippen LogP contribution in [0.1, 0.15) is 92.2 Å². The standard InChI is InChI=1S/C33H41NO3/c1-5-33(6-2,27-11-10-26(23(3)19-27)15-18-32(37)16-7-8-17-32)28-12-13-29(24(4)20-28)30-14-9-25(22-34-30)21-31(35)36/h9-14,19-20,22,37H,5-8,15-18,21H2,1-4H3,(H,35,36). The molecule has 196 valence electrons. The summed E-state index contributed by atoms with van der Waals surface area (Å²) >= 11 is 0. The van der Waals surface area contributed by atoms with Crippen molar-refractivity contribution >= 4 is 5.97 Å². The Hall–Kier alpha value is -2.98. The third-order valence-corrected chi connectivity index (χ3v) is 8.73. The molecule has 2 aromatic carbocycles. The number of aliphatic carboxylic acids is 1. The van der Waals surface area contributed by atoms with E-state index in [0.29, 0.717) is 5.56 Å². The minimum atomic E-state index is -0.847. The van der Waals surface area contributed by atoms with Gasteiger partial charge < -0.3 is 10.2 Å². The Balaban J connectivity index is 1.60. The highest BCUT2D eigenvalue weighted by Gasteiger charge is 2.33. The first-order valence-corrected chi connectivity index (χ1v) is 13.8. The van der Waals surface area contributed by atoms with E-state index in [1.807, 2.05) is 12.1 Å². The van der Waals surface area contributed by atoms with Crippen molar-refractivity contribution in [3.63, 3.8) is 0 Å². The molecule has 0 spiro atoms. The van der Waals surface area contributed by atoms with Gasteiger partial charge in [-0.05, 0) is 91.8 Å². The molecule has 4 heteroatoms. The highest BCUT2D eigenvalue weighted by atomic mass is 16.4. The number of carbonyl (C=O) groups is 1. The third-order valence-electron chi connectivity index (χ3n) is 8.73. The highest BCUT2D eigenvalue weighted by Crippen LogP contribution is 2.41. The van der Waals surface area contributed by atoms with Crippen molar-refractivity contribution in [1.82, 2.24) is 4.98 Å². The average Bonchev–Trinajstić information content (AvgIpc) is 3.31. The maximum Gasteiger partial charge on any atom is 0.307 e. The van der Waals surface area contributed by atoms with Gasteiger partial charge in [-0.15, -0.1) is 0 Å². The molecule has 0 unspecified atom stereocenters. The SMILES string of the molecule is CCC(CC)(c1ccc(CCC2(O)CCCC2)c(C)c1)c1ccc(-c2ccc(CC(=O)O)cn2)c(C)c1. The fraction of sp³-hybridized carbons (Fsp3) is 0.455. The van der Waals surface area contributed by atoms with Crippen LogP contribution in [-0.2, 0) is 23.1 Å². The quantitative estimate of drug-likeness (QED) is 0.306. The van der Waals surface area contributed by atoms with Crippen LogP contribution in [0.15, 0.2) is 54.7 Å². The van der Waals surface area contributed by atoms with Gasteiger partial charge in [0.1, 0.15) is 0 Å². The summed E-state index contributed by atoms with van der Waals surface area (Å²) in [7, 11) is 0. The van der Waals surface area contributed by atoms with Crippen LogP contribution in [0, 0.1) is 13.8 Å². The molecule has 0 aliphatic heterocycles. The molecule has 1 saturated carbocycles. The van der Waals surface area contributed by atoms with Crippen molar-refractivity contribution in [2.45, 2.75) is 96.5 Å². The molecule has 0 atom stereocenters. The second-order valence-corrected chi connectivity index (χ2v) is 11.0. The normalized spacial score (nSPS) is 15.2. The molecular formula is C33H41NO3. The van der Waals surface area contributed by atoms with Gasteiger partial charge in [-0.3, -0.25) is 9.78 Å². The molecule has 1 aromatic heterocycles. The van der Waals surface area contributed by atoms with Gasteiger partial charge in [0.25, 0.3) is 0 Å². The molecule has 0 amide bonds. The number of rotatable bonds is 10. The maximum absolute atomic E-state index is 11.0. The average molecular weight is 500 g/mol. The Bertz CT molecular complexity index is 1230. The fourth-order valence-electron chi connectivity index (χ4n) is 6.27. The summed E-state index contributed by atoms with van der Waals surface area (Å²) in [6.07, 6.45) is 9.61. The van der Waals surface area contributed by atoms with E-state index in [0.717, 1.165) is 62.6 Å². The lowest BCUT2D eigenvalue weighted by Crippen LogP contribution is -2.27. The van der Waals surface area contributed by atoms with Crippen molar-refractivity contribution in [2.75, 3.05) is 0 Å². The second kappa shape index (κ2) is 11.2. The summed E-state index contributed by atoms with van der Waals surface area (Å²) in [4.78, 5) is 15.5. The summed E-state index contributed by atoms with van der Waals surface area (Å²) in [6.45, 7) is 8.88. The van der Waals surface area contributed by atoms with Gasteiger partial charge in [-0.25, -0.2) is 0 Å². The lowest BCUT2D eigenvalue weighted by atomic mass is 9.69. The molecule has 0 saturated heterocycles. The number of aryl methyl sites for hydroxylation is 3. The Labute approximate surface area is 221 Å². The predicted octanol–water partition coefficient (Wildman–Crippen LogP) is 7.34. The van der Waals surface area contributed by atoms with Crippen molar-refractivity contribution in [2.24, 2.45) is 0 Å². The predicted molar refractivity (Wildman–Crippen MR) is 150 cm³/mol. The second-order valence-electron chi connectivity index (χ2n) is 11.0. The summed E-state index contributed by atoms with van der Waals surface area (Å²) in [5.41, 5.74) is 8.58. The summed E-state index contributed by atoms with van der Waals surface area (Å²) in [5.74, 6) is -0.847. The number of aliphatic hydroxyl groups is 1. The van der Waals surface area contributed by atoms with Crippen LogP contribution >= 0.6 is 0 Å². The first-order chi connectivity index (χ1) is 17.7.